The molecule has 19 heavy (non-hydrogen) atoms. The second kappa shape index (κ2) is 6.33. The average Bonchev–Trinajstić information content (AvgIpc) is 2.42. The summed E-state index contributed by atoms with van der Waals surface area (Å²) in [4.78, 5) is 8.71. The number of fused-ring (bicyclic) bond motifs is 1. The van der Waals surface area contributed by atoms with E-state index in [2.05, 4.69) is 15.3 Å². The molecule has 0 atom stereocenters. The molecule has 0 aliphatic heterocycles. The molecule has 2 aromatic rings. The molecule has 5 nitrogen and oxygen atoms in total. The maximum Gasteiger partial charge on any atom is 0.226 e. The Kier molecular flexibility index (Phi) is 4.52. The zero-order chi connectivity index (χ0) is 13.7. The lowest BCUT2D eigenvalue weighted by Crippen LogP contribution is -2.12. The van der Waals surface area contributed by atoms with Gasteiger partial charge in [-0.25, -0.2) is 4.98 Å². The Bertz CT molecular complexity index is 543. The van der Waals surface area contributed by atoms with E-state index in [1.54, 1.807) is 7.05 Å². The Labute approximate surface area is 113 Å². The molecule has 0 saturated heterocycles. The second-order valence-corrected chi connectivity index (χ2v) is 4.39. The minimum absolute atomic E-state index is 0.207. The van der Waals surface area contributed by atoms with E-state index < -0.39 is 0 Å². The summed E-state index contributed by atoms with van der Waals surface area (Å²) < 4.78 is 11.1. The van der Waals surface area contributed by atoms with Gasteiger partial charge in [0, 0.05) is 7.05 Å². The van der Waals surface area contributed by atoms with E-state index >= 15 is 0 Å². The number of anilines is 1. The first-order chi connectivity index (χ1) is 9.20. The van der Waals surface area contributed by atoms with Crippen LogP contribution in [0.5, 0.6) is 5.88 Å². The number of ether oxygens (including phenoxy) is 2. The third kappa shape index (κ3) is 3.54. The van der Waals surface area contributed by atoms with Gasteiger partial charge in [0.1, 0.15) is 6.61 Å². The van der Waals surface area contributed by atoms with Gasteiger partial charge in [-0.05, 0) is 26.0 Å². The van der Waals surface area contributed by atoms with Gasteiger partial charge in [-0.3, -0.25) is 0 Å². The van der Waals surface area contributed by atoms with Crippen molar-refractivity contribution in [1.82, 2.24) is 9.97 Å². The van der Waals surface area contributed by atoms with Crippen molar-refractivity contribution in [2.24, 2.45) is 0 Å². The highest BCUT2D eigenvalue weighted by Gasteiger charge is 2.07. The summed E-state index contributed by atoms with van der Waals surface area (Å²) in [5.41, 5.74) is 0.863. The first kappa shape index (κ1) is 13.5. The van der Waals surface area contributed by atoms with Crippen molar-refractivity contribution in [3.63, 3.8) is 0 Å². The third-order valence-corrected chi connectivity index (χ3v) is 2.57. The first-order valence-electron chi connectivity index (χ1n) is 6.39. The summed E-state index contributed by atoms with van der Waals surface area (Å²) in [5.74, 6) is 1.14. The van der Waals surface area contributed by atoms with Crippen molar-refractivity contribution in [1.29, 1.82) is 0 Å². The number of hydrogen-bond acceptors (Lipinski definition) is 5. The molecule has 1 aromatic carbocycles. The highest BCUT2D eigenvalue weighted by atomic mass is 16.5. The third-order valence-electron chi connectivity index (χ3n) is 2.57. The van der Waals surface area contributed by atoms with Crippen LogP contribution in [0.15, 0.2) is 24.3 Å². The quantitative estimate of drug-likeness (QED) is 0.810. The van der Waals surface area contributed by atoms with E-state index in [0.717, 1.165) is 10.9 Å². The molecule has 0 bridgehead atoms. The smallest absolute Gasteiger partial charge is 0.226 e. The van der Waals surface area contributed by atoms with Crippen LogP contribution in [0.2, 0.25) is 0 Å². The van der Waals surface area contributed by atoms with E-state index in [4.69, 9.17) is 9.47 Å². The molecule has 0 fully saturated rings. The van der Waals surface area contributed by atoms with Crippen molar-refractivity contribution >= 4 is 16.9 Å². The fourth-order valence-electron chi connectivity index (χ4n) is 1.69. The van der Waals surface area contributed by atoms with Crippen LogP contribution >= 0.6 is 0 Å². The monoisotopic (exact) mass is 261 g/mol. The maximum absolute atomic E-state index is 5.70. The topological polar surface area (TPSA) is 56.3 Å². The minimum atomic E-state index is 0.207. The molecule has 1 aromatic heterocycles. The van der Waals surface area contributed by atoms with Gasteiger partial charge in [0.05, 0.1) is 23.6 Å². The van der Waals surface area contributed by atoms with Crippen LogP contribution in [0.4, 0.5) is 5.95 Å². The molecule has 0 aliphatic rings. The highest BCUT2D eigenvalue weighted by molar-refractivity contribution is 5.84. The Hall–Kier alpha value is -1.88. The zero-order valence-corrected chi connectivity index (χ0v) is 11.5. The molecule has 1 N–H and O–H groups in total. The fraction of sp³-hybridized carbons (Fsp3) is 0.429. The van der Waals surface area contributed by atoms with Crippen LogP contribution in [-0.2, 0) is 4.74 Å². The number of aromatic nitrogens is 2. The summed E-state index contributed by atoms with van der Waals surface area (Å²) in [6, 6.07) is 7.78. The Morgan fingerprint density at radius 2 is 1.95 bits per heavy atom. The maximum atomic E-state index is 5.70. The molecule has 102 valence electrons. The van der Waals surface area contributed by atoms with Gasteiger partial charge in [0.2, 0.25) is 11.8 Å². The van der Waals surface area contributed by atoms with E-state index in [1.807, 2.05) is 38.1 Å². The molecule has 2 rings (SSSR count). The highest BCUT2D eigenvalue weighted by Crippen LogP contribution is 2.23. The summed E-state index contributed by atoms with van der Waals surface area (Å²) in [7, 11) is 1.79. The zero-order valence-electron chi connectivity index (χ0n) is 11.5. The summed E-state index contributed by atoms with van der Waals surface area (Å²) in [6.07, 6.45) is 0.207. The number of rotatable bonds is 6. The lowest BCUT2D eigenvalue weighted by atomic mass is 10.2. The standard InChI is InChI=1S/C14H19N3O2/c1-10(2)18-8-9-19-13-11-6-4-5-7-12(11)16-14(15-3)17-13/h4-7,10H,8-9H2,1-3H3,(H,15,16,17). The lowest BCUT2D eigenvalue weighted by molar-refractivity contribution is 0.0546. The number of benzene rings is 1. The van der Waals surface area contributed by atoms with E-state index in [1.165, 1.54) is 0 Å². The molecule has 0 radical (unpaired) electrons. The summed E-state index contributed by atoms with van der Waals surface area (Å²) >= 11 is 0. The van der Waals surface area contributed by atoms with Crippen molar-refractivity contribution in [2.45, 2.75) is 20.0 Å². The van der Waals surface area contributed by atoms with E-state index in [0.29, 0.717) is 25.0 Å². The first-order valence-corrected chi connectivity index (χ1v) is 6.39. The number of hydrogen-bond donors (Lipinski definition) is 1. The molecule has 1 heterocycles. The number of nitrogens with zero attached hydrogens (tertiary/aromatic N) is 2. The summed E-state index contributed by atoms with van der Waals surface area (Å²) in [6.45, 7) is 5.02. The van der Waals surface area contributed by atoms with Gasteiger partial charge in [0.15, 0.2) is 0 Å². The minimum Gasteiger partial charge on any atom is -0.475 e. The molecule has 0 unspecified atom stereocenters. The SMILES string of the molecule is CNc1nc(OCCOC(C)C)c2ccccc2n1. The molecule has 0 aliphatic carbocycles. The van der Waals surface area contributed by atoms with Gasteiger partial charge in [-0.2, -0.15) is 4.98 Å². The predicted molar refractivity (Wildman–Crippen MR) is 75.7 cm³/mol. The van der Waals surface area contributed by atoms with Gasteiger partial charge in [-0.1, -0.05) is 12.1 Å². The fourth-order valence-corrected chi connectivity index (χ4v) is 1.69. The van der Waals surface area contributed by atoms with E-state index in [-0.39, 0.29) is 6.10 Å². The number of nitrogens with one attached hydrogen (secondary N) is 1. The molecular formula is C14H19N3O2. The summed E-state index contributed by atoms with van der Waals surface area (Å²) in [5, 5.41) is 3.84. The predicted octanol–water partition coefficient (Wildman–Crippen LogP) is 2.48. The van der Waals surface area contributed by atoms with Crippen molar-refractivity contribution < 1.29 is 9.47 Å². The molecular weight excluding hydrogens is 242 g/mol. The average molecular weight is 261 g/mol. The molecule has 5 heteroatoms. The van der Waals surface area contributed by atoms with Crippen molar-refractivity contribution in [3.8, 4) is 5.88 Å². The van der Waals surface area contributed by atoms with Crippen LogP contribution in [0, 0.1) is 0 Å². The molecule has 0 spiro atoms. The van der Waals surface area contributed by atoms with Crippen LogP contribution in [0.1, 0.15) is 13.8 Å². The molecule has 0 amide bonds. The van der Waals surface area contributed by atoms with Crippen LogP contribution in [0.3, 0.4) is 0 Å². The van der Waals surface area contributed by atoms with Gasteiger partial charge < -0.3 is 14.8 Å². The van der Waals surface area contributed by atoms with Gasteiger partial charge in [0.25, 0.3) is 0 Å². The van der Waals surface area contributed by atoms with Crippen LogP contribution in [-0.4, -0.2) is 36.3 Å². The largest absolute Gasteiger partial charge is 0.475 e. The Morgan fingerprint density at radius 3 is 2.68 bits per heavy atom. The Balaban J connectivity index is 2.16. The van der Waals surface area contributed by atoms with Gasteiger partial charge >= 0.3 is 0 Å². The van der Waals surface area contributed by atoms with Gasteiger partial charge in [-0.15, -0.1) is 0 Å². The normalized spacial score (nSPS) is 10.9. The van der Waals surface area contributed by atoms with Crippen LogP contribution in [0.25, 0.3) is 10.9 Å². The van der Waals surface area contributed by atoms with E-state index in [9.17, 15) is 0 Å². The van der Waals surface area contributed by atoms with Crippen LogP contribution < -0.4 is 10.1 Å². The van der Waals surface area contributed by atoms with Crippen molar-refractivity contribution in [2.75, 3.05) is 25.6 Å². The Morgan fingerprint density at radius 1 is 1.16 bits per heavy atom. The molecule has 0 saturated carbocycles. The van der Waals surface area contributed by atoms with Crippen molar-refractivity contribution in [3.05, 3.63) is 24.3 Å². The lowest BCUT2D eigenvalue weighted by Gasteiger charge is -2.11. The number of para-hydroxylation sites is 1. The second-order valence-electron chi connectivity index (χ2n) is 4.39.